The predicted octanol–water partition coefficient (Wildman–Crippen LogP) is 1.33. The van der Waals surface area contributed by atoms with Crippen molar-refractivity contribution in [1.82, 2.24) is 4.90 Å². The number of likely N-dealkylation sites (tertiary alicyclic amines) is 1. The number of piperidine rings is 1. The number of aliphatic hydroxyl groups excluding tert-OH is 1. The number of hydrogen-bond donors (Lipinski definition) is 2. The fraction of sp³-hybridized carbons (Fsp3) is 0.471. The molecule has 4 nitrogen and oxygen atoms in total. The van der Waals surface area contributed by atoms with Crippen LogP contribution in [0.5, 0.6) is 0 Å². The van der Waals surface area contributed by atoms with Crippen molar-refractivity contribution in [3.05, 3.63) is 34.9 Å². The van der Waals surface area contributed by atoms with E-state index in [9.17, 15) is 9.90 Å². The Bertz CT molecular complexity index is 586. The van der Waals surface area contributed by atoms with E-state index in [1.807, 2.05) is 26.0 Å². The Morgan fingerprint density at radius 3 is 2.62 bits per heavy atom. The number of aryl methyl sites for hydroxylation is 1. The van der Waals surface area contributed by atoms with E-state index in [4.69, 9.17) is 5.11 Å². The summed E-state index contributed by atoms with van der Waals surface area (Å²) < 4.78 is 0. The molecule has 0 unspecified atom stereocenters. The van der Waals surface area contributed by atoms with E-state index in [1.54, 1.807) is 11.0 Å². The first-order valence-electron chi connectivity index (χ1n) is 7.15. The number of carbonyl (C=O) groups excluding carboxylic acids is 1. The van der Waals surface area contributed by atoms with Gasteiger partial charge in [-0.05, 0) is 50.5 Å². The predicted molar refractivity (Wildman–Crippen MR) is 80.9 cm³/mol. The molecule has 2 rings (SSSR count). The molecular formula is C17H21NO3. The van der Waals surface area contributed by atoms with Gasteiger partial charge in [-0.15, -0.1) is 0 Å². The normalized spacial score (nSPS) is 17.0. The summed E-state index contributed by atoms with van der Waals surface area (Å²) in [7, 11) is 0. The molecule has 4 heteroatoms. The molecule has 0 atom stereocenters. The molecule has 1 saturated heterocycles. The van der Waals surface area contributed by atoms with Gasteiger partial charge in [0, 0.05) is 24.2 Å². The summed E-state index contributed by atoms with van der Waals surface area (Å²) >= 11 is 0. The molecule has 0 radical (unpaired) electrons. The molecule has 0 aromatic heterocycles. The Labute approximate surface area is 125 Å². The van der Waals surface area contributed by atoms with Crippen LogP contribution >= 0.6 is 0 Å². The standard InChI is InChI=1S/C17H21NO3/c1-13-12-15(6-5-14(13)4-3-11-19)16(20)18-9-7-17(2,21)8-10-18/h5-6,12,19,21H,7-11H2,1-2H3. The SMILES string of the molecule is Cc1cc(C(=O)N2CCC(C)(O)CC2)ccc1C#CCO. The molecule has 1 aromatic carbocycles. The van der Waals surface area contributed by atoms with Gasteiger partial charge in [-0.2, -0.15) is 0 Å². The Balaban J connectivity index is 2.12. The number of rotatable bonds is 1. The van der Waals surface area contributed by atoms with Crippen LogP contribution in [-0.2, 0) is 0 Å². The summed E-state index contributed by atoms with van der Waals surface area (Å²) in [6, 6.07) is 5.41. The molecule has 112 valence electrons. The first-order valence-corrected chi connectivity index (χ1v) is 7.15. The average molecular weight is 287 g/mol. The molecule has 0 aliphatic carbocycles. The van der Waals surface area contributed by atoms with Gasteiger partial charge in [0.2, 0.25) is 0 Å². The summed E-state index contributed by atoms with van der Waals surface area (Å²) in [6.07, 6.45) is 1.22. The summed E-state index contributed by atoms with van der Waals surface area (Å²) in [6.45, 7) is 4.70. The molecular weight excluding hydrogens is 266 g/mol. The monoisotopic (exact) mass is 287 g/mol. The molecule has 1 aliphatic heterocycles. The average Bonchev–Trinajstić information content (AvgIpc) is 2.45. The lowest BCUT2D eigenvalue weighted by Gasteiger charge is -2.35. The Hall–Kier alpha value is -1.83. The molecule has 0 spiro atoms. The summed E-state index contributed by atoms with van der Waals surface area (Å²) in [4.78, 5) is 14.2. The van der Waals surface area contributed by atoms with Gasteiger partial charge in [0.1, 0.15) is 6.61 Å². The first kappa shape index (κ1) is 15.6. The number of amides is 1. The minimum Gasteiger partial charge on any atom is -0.390 e. The highest BCUT2D eigenvalue weighted by Crippen LogP contribution is 2.23. The molecule has 1 fully saturated rings. The molecule has 2 N–H and O–H groups in total. The van der Waals surface area contributed by atoms with Crippen molar-refractivity contribution >= 4 is 5.91 Å². The van der Waals surface area contributed by atoms with Crippen LogP contribution < -0.4 is 0 Å². The zero-order valence-corrected chi connectivity index (χ0v) is 12.5. The fourth-order valence-electron chi connectivity index (χ4n) is 2.45. The zero-order chi connectivity index (χ0) is 15.5. The van der Waals surface area contributed by atoms with Crippen molar-refractivity contribution in [3.63, 3.8) is 0 Å². The third-order valence-corrected chi connectivity index (χ3v) is 3.90. The minimum atomic E-state index is -0.656. The molecule has 0 bridgehead atoms. The Morgan fingerprint density at radius 2 is 2.05 bits per heavy atom. The van der Waals surface area contributed by atoms with Gasteiger partial charge in [-0.3, -0.25) is 4.79 Å². The maximum Gasteiger partial charge on any atom is 0.253 e. The highest BCUT2D eigenvalue weighted by Gasteiger charge is 2.29. The van der Waals surface area contributed by atoms with Gasteiger partial charge in [0.25, 0.3) is 5.91 Å². The van der Waals surface area contributed by atoms with Crippen molar-refractivity contribution in [2.45, 2.75) is 32.3 Å². The molecule has 0 saturated carbocycles. The Kier molecular flexibility index (Phi) is 4.66. The van der Waals surface area contributed by atoms with E-state index in [2.05, 4.69) is 11.8 Å². The summed E-state index contributed by atoms with van der Waals surface area (Å²) in [5.74, 6) is 5.47. The van der Waals surface area contributed by atoms with Crippen molar-refractivity contribution in [2.24, 2.45) is 0 Å². The van der Waals surface area contributed by atoms with E-state index in [0.717, 1.165) is 11.1 Å². The van der Waals surface area contributed by atoms with Crippen LogP contribution in [0.25, 0.3) is 0 Å². The molecule has 1 aromatic rings. The lowest BCUT2D eigenvalue weighted by atomic mass is 9.93. The van der Waals surface area contributed by atoms with Gasteiger partial charge in [0.15, 0.2) is 0 Å². The number of benzene rings is 1. The number of aliphatic hydroxyl groups is 2. The third kappa shape index (κ3) is 3.84. The lowest BCUT2D eigenvalue weighted by molar-refractivity contribution is -0.00202. The molecule has 1 amide bonds. The highest BCUT2D eigenvalue weighted by molar-refractivity contribution is 5.94. The van der Waals surface area contributed by atoms with Gasteiger partial charge in [-0.25, -0.2) is 0 Å². The van der Waals surface area contributed by atoms with Crippen molar-refractivity contribution in [2.75, 3.05) is 19.7 Å². The zero-order valence-electron chi connectivity index (χ0n) is 12.5. The smallest absolute Gasteiger partial charge is 0.253 e. The van der Waals surface area contributed by atoms with E-state index in [1.165, 1.54) is 0 Å². The van der Waals surface area contributed by atoms with Crippen molar-refractivity contribution in [1.29, 1.82) is 0 Å². The van der Waals surface area contributed by atoms with Crippen LogP contribution in [0, 0.1) is 18.8 Å². The Morgan fingerprint density at radius 1 is 1.38 bits per heavy atom. The maximum atomic E-state index is 12.5. The lowest BCUT2D eigenvalue weighted by Crippen LogP contribution is -2.45. The quantitative estimate of drug-likeness (QED) is 0.766. The van der Waals surface area contributed by atoms with Crippen LogP contribution in [0.1, 0.15) is 41.3 Å². The summed E-state index contributed by atoms with van der Waals surface area (Å²) in [5.41, 5.74) is 1.73. The number of hydrogen-bond acceptors (Lipinski definition) is 3. The van der Waals surface area contributed by atoms with Crippen LogP contribution in [0.2, 0.25) is 0 Å². The van der Waals surface area contributed by atoms with E-state index in [-0.39, 0.29) is 12.5 Å². The van der Waals surface area contributed by atoms with Crippen LogP contribution in [0.4, 0.5) is 0 Å². The van der Waals surface area contributed by atoms with E-state index < -0.39 is 5.60 Å². The fourth-order valence-corrected chi connectivity index (χ4v) is 2.45. The first-order chi connectivity index (χ1) is 9.93. The van der Waals surface area contributed by atoms with Crippen LogP contribution in [0.3, 0.4) is 0 Å². The van der Waals surface area contributed by atoms with Crippen LogP contribution in [0.15, 0.2) is 18.2 Å². The number of carbonyl (C=O) groups is 1. The van der Waals surface area contributed by atoms with Crippen LogP contribution in [-0.4, -0.2) is 46.3 Å². The van der Waals surface area contributed by atoms with Crippen molar-refractivity contribution in [3.8, 4) is 11.8 Å². The summed E-state index contributed by atoms with van der Waals surface area (Å²) in [5, 5.41) is 18.7. The van der Waals surface area contributed by atoms with Gasteiger partial charge < -0.3 is 15.1 Å². The highest BCUT2D eigenvalue weighted by atomic mass is 16.3. The van der Waals surface area contributed by atoms with Gasteiger partial charge in [-0.1, -0.05) is 11.8 Å². The van der Waals surface area contributed by atoms with E-state index >= 15 is 0 Å². The second kappa shape index (κ2) is 6.30. The largest absolute Gasteiger partial charge is 0.390 e. The maximum absolute atomic E-state index is 12.5. The second-order valence-corrected chi connectivity index (χ2v) is 5.78. The van der Waals surface area contributed by atoms with Gasteiger partial charge >= 0.3 is 0 Å². The second-order valence-electron chi connectivity index (χ2n) is 5.78. The third-order valence-electron chi connectivity index (χ3n) is 3.90. The molecule has 1 aliphatic rings. The van der Waals surface area contributed by atoms with Gasteiger partial charge in [0.05, 0.1) is 5.60 Å². The number of nitrogens with zero attached hydrogens (tertiary/aromatic N) is 1. The topological polar surface area (TPSA) is 60.8 Å². The minimum absolute atomic E-state index is 0.00438. The molecule has 21 heavy (non-hydrogen) atoms. The van der Waals surface area contributed by atoms with Crippen molar-refractivity contribution < 1.29 is 15.0 Å². The van der Waals surface area contributed by atoms with E-state index in [0.29, 0.717) is 31.5 Å². The molecule has 1 heterocycles.